The Hall–Kier alpha value is -0.450. The molecule has 2 saturated heterocycles. The van der Waals surface area contributed by atoms with E-state index in [9.17, 15) is 4.79 Å². The average Bonchev–Trinajstić information content (AvgIpc) is 2.42. The van der Waals surface area contributed by atoms with E-state index in [1.807, 2.05) is 0 Å². The van der Waals surface area contributed by atoms with Crippen molar-refractivity contribution in [1.82, 2.24) is 4.90 Å². The Balaban J connectivity index is 1.93. The van der Waals surface area contributed by atoms with Crippen LogP contribution in [0.4, 0.5) is 0 Å². The van der Waals surface area contributed by atoms with Crippen LogP contribution in [0.25, 0.3) is 0 Å². The van der Waals surface area contributed by atoms with Gasteiger partial charge in [0.25, 0.3) is 0 Å². The predicted octanol–water partition coefficient (Wildman–Crippen LogP) is 1.48. The van der Waals surface area contributed by atoms with Crippen molar-refractivity contribution < 1.29 is 14.3 Å². The number of nitrogens with zero attached hydrogens (tertiary/aromatic N) is 1. The molecule has 104 valence electrons. The number of carbonyl (C=O) groups is 1. The van der Waals surface area contributed by atoms with Gasteiger partial charge < -0.3 is 14.3 Å². The van der Waals surface area contributed by atoms with Crippen molar-refractivity contribution in [2.45, 2.75) is 44.8 Å². The Morgan fingerprint density at radius 1 is 1.56 bits per heavy atom. The lowest BCUT2D eigenvalue weighted by Gasteiger charge is -2.43. The van der Waals surface area contributed by atoms with Gasteiger partial charge in [0, 0.05) is 32.8 Å². The first kappa shape index (κ1) is 14.0. The van der Waals surface area contributed by atoms with E-state index in [4.69, 9.17) is 9.47 Å². The maximum atomic E-state index is 11.5. The van der Waals surface area contributed by atoms with Crippen LogP contribution >= 0.6 is 0 Å². The summed E-state index contributed by atoms with van der Waals surface area (Å²) < 4.78 is 10.9. The lowest BCUT2D eigenvalue weighted by molar-refractivity contribution is -0.127. The van der Waals surface area contributed by atoms with Gasteiger partial charge in [0.1, 0.15) is 6.29 Å². The van der Waals surface area contributed by atoms with Crippen LogP contribution in [0.5, 0.6) is 0 Å². The average molecular weight is 255 g/mol. The van der Waals surface area contributed by atoms with E-state index in [0.717, 1.165) is 51.7 Å². The molecular formula is C14H25NO3. The van der Waals surface area contributed by atoms with Gasteiger partial charge in [0.15, 0.2) is 0 Å². The maximum Gasteiger partial charge on any atom is 0.129 e. The number of rotatable bonds is 4. The monoisotopic (exact) mass is 255 g/mol. The Morgan fingerprint density at radius 2 is 2.39 bits per heavy atom. The molecule has 0 radical (unpaired) electrons. The summed E-state index contributed by atoms with van der Waals surface area (Å²) in [5, 5.41) is 0. The van der Waals surface area contributed by atoms with Crippen LogP contribution in [0.3, 0.4) is 0 Å². The largest absolute Gasteiger partial charge is 0.381 e. The normalized spacial score (nSPS) is 38.6. The molecule has 0 spiro atoms. The zero-order valence-corrected chi connectivity index (χ0v) is 11.6. The van der Waals surface area contributed by atoms with Crippen molar-refractivity contribution in [2.75, 3.05) is 33.4 Å². The quantitative estimate of drug-likeness (QED) is 0.713. The fourth-order valence-electron chi connectivity index (χ4n) is 3.16. The third-order valence-corrected chi connectivity index (χ3v) is 4.42. The van der Waals surface area contributed by atoms with Crippen molar-refractivity contribution >= 4 is 6.29 Å². The summed E-state index contributed by atoms with van der Waals surface area (Å²) >= 11 is 0. The first-order valence-corrected chi connectivity index (χ1v) is 7.00. The molecule has 0 bridgehead atoms. The molecule has 4 nitrogen and oxygen atoms in total. The fourth-order valence-corrected chi connectivity index (χ4v) is 3.16. The fraction of sp³-hybridized carbons (Fsp3) is 0.929. The second-order valence-electron chi connectivity index (χ2n) is 5.84. The molecule has 2 aliphatic rings. The van der Waals surface area contributed by atoms with Crippen molar-refractivity contribution in [3.8, 4) is 0 Å². The number of likely N-dealkylation sites (tertiary alicyclic amines) is 1. The molecule has 3 atom stereocenters. The molecular weight excluding hydrogens is 230 g/mol. The Kier molecular flexibility index (Phi) is 4.76. The molecule has 0 aromatic rings. The molecule has 18 heavy (non-hydrogen) atoms. The number of hydrogen-bond donors (Lipinski definition) is 0. The number of piperidine rings is 1. The van der Waals surface area contributed by atoms with Gasteiger partial charge in [-0.05, 0) is 32.6 Å². The summed E-state index contributed by atoms with van der Waals surface area (Å²) in [6, 6.07) is 0.488. The minimum absolute atomic E-state index is 0.271. The summed E-state index contributed by atoms with van der Waals surface area (Å²) in [7, 11) is 1.79. The highest BCUT2D eigenvalue weighted by Gasteiger charge is 2.37. The molecule has 0 N–H and O–H groups in total. The van der Waals surface area contributed by atoms with Crippen LogP contribution in [0.15, 0.2) is 0 Å². The maximum absolute atomic E-state index is 11.5. The van der Waals surface area contributed by atoms with Gasteiger partial charge in [-0.15, -0.1) is 0 Å². The topological polar surface area (TPSA) is 38.8 Å². The highest BCUT2D eigenvalue weighted by Crippen LogP contribution is 2.30. The van der Waals surface area contributed by atoms with Gasteiger partial charge in [-0.2, -0.15) is 0 Å². The van der Waals surface area contributed by atoms with Crippen LogP contribution in [-0.2, 0) is 14.3 Å². The zero-order chi connectivity index (χ0) is 13.0. The zero-order valence-electron chi connectivity index (χ0n) is 11.6. The van der Waals surface area contributed by atoms with Crippen LogP contribution in [0.1, 0.15) is 32.6 Å². The Morgan fingerprint density at radius 3 is 2.94 bits per heavy atom. The third kappa shape index (κ3) is 3.11. The molecule has 0 saturated carbocycles. The number of carbonyl (C=O) groups excluding carboxylic acids is 1. The number of hydrogen-bond acceptors (Lipinski definition) is 4. The van der Waals surface area contributed by atoms with Crippen LogP contribution in [0, 0.1) is 5.41 Å². The van der Waals surface area contributed by atoms with Crippen LogP contribution in [0.2, 0.25) is 0 Å². The van der Waals surface area contributed by atoms with E-state index in [2.05, 4.69) is 11.8 Å². The van der Waals surface area contributed by atoms with Crippen molar-refractivity contribution in [3.05, 3.63) is 0 Å². The first-order valence-electron chi connectivity index (χ1n) is 7.00. The molecule has 0 aromatic carbocycles. The van der Waals surface area contributed by atoms with Crippen LogP contribution in [-0.4, -0.2) is 56.7 Å². The highest BCUT2D eigenvalue weighted by atomic mass is 16.5. The summed E-state index contributed by atoms with van der Waals surface area (Å²) in [6.45, 7) is 5.49. The van der Waals surface area contributed by atoms with E-state index in [1.54, 1.807) is 7.11 Å². The van der Waals surface area contributed by atoms with E-state index < -0.39 is 0 Å². The van der Waals surface area contributed by atoms with Gasteiger partial charge in [0.05, 0.1) is 18.1 Å². The minimum Gasteiger partial charge on any atom is -0.381 e. The second kappa shape index (κ2) is 6.13. The van der Waals surface area contributed by atoms with E-state index in [1.165, 1.54) is 0 Å². The first-order chi connectivity index (χ1) is 8.69. The van der Waals surface area contributed by atoms with Gasteiger partial charge in [-0.3, -0.25) is 4.90 Å². The molecule has 3 unspecified atom stereocenters. The summed E-state index contributed by atoms with van der Waals surface area (Å²) in [4.78, 5) is 13.9. The molecule has 2 fully saturated rings. The molecule has 2 heterocycles. The summed E-state index contributed by atoms with van der Waals surface area (Å²) in [5.41, 5.74) is -0.271. The number of aldehydes is 1. The molecule has 2 aliphatic heterocycles. The molecule has 4 heteroatoms. The summed E-state index contributed by atoms with van der Waals surface area (Å²) in [6.07, 6.45) is 5.60. The van der Waals surface area contributed by atoms with E-state index >= 15 is 0 Å². The van der Waals surface area contributed by atoms with Crippen molar-refractivity contribution in [1.29, 1.82) is 0 Å². The SMILES string of the molecule is COC1CCN(CC2(C=O)CCCOC2)C(C)C1. The second-order valence-corrected chi connectivity index (χ2v) is 5.84. The van der Waals surface area contributed by atoms with Gasteiger partial charge in [-0.25, -0.2) is 0 Å². The Labute approximate surface area is 110 Å². The highest BCUT2D eigenvalue weighted by molar-refractivity contribution is 5.60. The molecule has 2 rings (SSSR count). The number of methoxy groups -OCH3 is 1. The molecule has 0 amide bonds. The predicted molar refractivity (Wildman–Crippen MR) is 69.6 cm³/mol. The van der Waals surface area contributed by atoms with Gasteiger partial charge in [0.2, 0.25) is 0 Å². The van der Waals surface area contributed by atoms with Gasteiger partial charge >= 0.3 is 0 Å². The lowest BCUT2D eigenvalue weighted by Crippen LogP contribution is -2.51. The van der Waals surface area contributed by atoms with Crippen LogP contribution < -0.4 is 0 Å². The van der Waals surface area contributed by atoms with E-state index in [0.29, 0.717) is 18.8 Å². The standard InChI is InChI=1S/C14H25NO3/c1-12-8-13(17-2)4-6-15(12)9-14(10-16)5-3-7-18-11-14/h10,12-13H,3-9,11H2,1-2H3. The van der Waals surface area contributed by atoms with Crippen molar-refractivity contribution in [2.24, 2.45) is 5.41 Å². The molecule has 0 aromatic heterocycles. The van der Waals surface area contributed by atoms with Gasteiger partial charge in [-0.1, -0.05) is 0 Å². The number of ether oxygens (including phenoxy) is 2. The minimum atomic E-state index is -0.271. The lowest BCUT2D eigenvalue weighted by atomic mass is 9.82. The molecule has 0 aliphatic carbocycles. The van der Waals surface area contributed by atoms with E-state index in [-0.39, 0.29) is 5.41 Å². The summed E-state index contributed by atoms with van der Waals surface area (Å²) in [5.74, 6) is 0. The smallest absolute Gasteiger partial charge is 0.129 e. The van der Waals surface area contributed by atoms with Crippen molar-refractivity contribution in [3.63, 3.8) is 0 Å². The third-order valence-electron chi connectivity index (χ3n) is 4.42. The Bertz CT molecular complexity index is 276.